The molecule has 0 radical (unpaired) electrons. The van der Waals surface area contributed by atoms with Gasteiger partial charge in [-0.05, 0) is 31.0 Å². The molecule has 1 aromatic carbocycles. The summed E-state index contributed by atoms with van der Waals surface area (Å²) in [7, 11) is 3.74. The molecule has 1 aliphatic rings. The van der Waals surface area contributed by atoms with Gasteiger partial charge in [0.2, 0.25) is 0 Å². The molecule has 3 N–H and O–H groups in total. The first kappa shape index (κ1) is 18.2. The molecule has 1 aliphatic heterocycles. The molecule has 136 valence electrons. The van der Waals surface area contributed by atoms with Gasteiger partial charge in [-0.3, -0.25) is 9.79 Å². The van der Waals surface area contributed by atoms with Crippen LogP contribution in [0.3, 0.4) is 0 Å². The molecular weight excluding hydrogens is 348 g/mol. The highest BCUT2D eigenvalue weighted by atomic mass is 32.2. The third-order valence-electron chi connectivity index (χ3n) is 4.27. The highest BCUT2D eigenvalue weighted by Crippen LogP contribution is 2.35. The molecule has 1 amide bonds. The first-order valence-corrected chi connectivity index (χ1v) is 9.25. The lowest BCUT2D eigenvalue weighted by Gasteiger charge is -2.30. The number of hydrogen-bond donors (Lipinski definition) is 2. The predicted octanol–water partition coefficient (Wildman–Crippen LogP) is 2.46. The van der Waals surface area contributed by atoms with Crippen molar-refractivity contribution in [3.8, 4) is 0 Å². The maximum absolute atomic E-state index is 12.4. The zero-order valence-electron chi connectivity index (χ0n) is 15.1. The Hall–Kier alpha value is -2.61. The number of amides is 1. The van der Waals surface area contributed by atoms with Crippen LogP contribution in [0.5, 0.6) is 0 Å². The number of carbonyl (C=O) groups is 1. The van der Waals surface area contributed by atoms with E-state index in [1.54, 1.807) is 18.0 Å². The van der Waals surface area contributed by atoms with Gasteiger partial charge in [0.1, 0.15) is 11.5 Å². The number of aromatic nitrogens is 2. The summed E-state index contributed by atoms with van der Waals surface area (Å²) in [5, 5.41) is 3.48. The highest BCUT2D eigenvalue weighted by molar-refractivity contribution is 8.13. The lowest BCUT2D eigenvalue weighted by atomic mass is 9.89. The number of hydrogen-bond acceptors (Lipinski definition) is 7. The average Bonchev–Trinajstić information content (AvgIpc) is 2.62. The molecule has 3 rings (SSSR count). The maximum atomic E-state index is 12.4. The van der Waals surface area contributed by atoms with E-state index in [9.17, 15) is 4.79 Å². The summed E-state index contributed by atoms with van der Waals surface area (Å²) in [6, 6.07) is 7.70. The van der Waals surface area contributed by atoms with Crippen molar-refractivity contribution in [1.82, 2.24) is 9.97 Å². The molecule has 2 aromatic rings. The van der Waals surface area contributed by atoms with Gasteiger partial charge in [0.05, 0.1) is 17.9 Å². The van der Waals surface area contributed by atoms with Crippen molar-refractivity contribution in [1.29, 1.82) is 0 Å². The number of aliphatic imine (C=N–C) groups is 1. The monoisotopic (exact) mass is 370 g/mol. The van der Waals surface area contributed by atoms with Crippen LogP contribution in [0.15, 0.2) is 41.7 Å². The van der Waals surface area contributed by atoms with Gasteiger partial charge in [-0.1, -0.05) is 23.9 Å². The van der Waals surface area contributed by atoms with E-state index in [2.05, 4.69) is 27.2 Å². The van der Waals surface area contributed by atoms with Crippen molar-refractivity contribution in [2.24, 2.45) is 10.7 Å². The molecule has 0 saturated carbocycles. The van der Waals surface area contributed by atoms with E-state index in [1.807, 2.05) is 43.3 Å². The van der Waals surface area contributed by atoms with Gasteiger partial charge in [0.15, 0.2) is 5.17 Å². The second-order valence-electron chi connectivity index (χ2n) is 6.51. The molecule has 0 fully saturated rings. The van der Waals surface area contributed by atoms with Crippen LogP contribution in [0.2, 0.25) is 0 Å². The zero-order chi connectivity index (χ0) is 18.7. The van der Waals surface area contributed by atoms with E-state index >= 15 is 0 Å². The molecule has 1 unspecified atom stereocenters. The number of anilines is 2. The maximum Gasteiger partial charge on any atom is 0.275 e. The summed E-state index contributed by atoms with van der Waals surface area (Å²) in [6.45, 7) is 2.06. The van der Waals surface area contributed by atoms with Crippen molar-refractivity contribution >= 4 is 34.3 Å². The van der Waals surface area contributed by atoms with Crippen molar-refractivity contribution in [3.05, 3.63) is 47.9 Å². The summed E-state index contributed by atoms with van der Waals surface area (Å²) in [5.41, 5.74) is 7.51. The van der Waals surface area contributed by atoms with Gasteiger partial charge in [0, 0.05) is 25.5 Å². The minimum Gasteiger partial charge on any atom is -0.379 e. The molecule has 0 bridgehead atoms. The van der Waals surface area contributed by atoms with Crippen LogP contribution in [0.1, 0.15) is 29.4 Å². The second kappa shape index (κ2) is 7.33. The third-order valence-corrected chi connectivity index (χ3v) is 5.06. The average molecular weight is 370 g/mol. The number of thioether (sulfide) groups is 1. The molecule has 0 spiro atoms. The Labute approximate surface area is 157 Å². The van der Waals surface area contributed by atoms with Crippen molar-refractivity contribution in [2.45, 2.75) is 18.9 Å². The number of rotatable bonds is 4. The predicted molar refractivity (Wildman–Crippen MR) is 107 cm³/mol. The Morgan fingerprint density at radius 2 is 2.12 bits per heavy atom. The lowest BCUT2D eigenvalue weighted by molar-refractivity contribution is 0.102. The van der Waals surface area contributed by atoms with Crippen molar-refractivity contribution in [3.63, 3.8) is 0 Å². The normalized spacial score (nSPS) is 19.6. The van der Waals surface area contributed by atoms with Crippen LogP contribution < -0.4 is 16.0 Å². The second-order valence-corrected chi connectivity index (χ2v) is 7.63. The number of amidine groups is 1. The summed E-state index contributed by atoms with van der Waals surface area (Å²) >= 11 is 1.57. The molecule has 1 atom stereocenters. The Bertz CT molecular complexity index is 836. The summed E-state index contributed by atoms with van der Waals surface area (Å²) in [6.07, 6.45) is 3.94. The van der Waals surface area contributed by atoms with Gasteiger partial charge in [-0.2, -0.15) is 0 Å². The number of nitrogens with one attached hydrogen (secondary N) is 1. The standard InChI is InChI=1S/C18H22N6OS/c1-18(7-8-26-17(19)23-18)12-5-4-6-13(9-12)22-16(25)14-10-21-15(11-20-14)24(2)3/h4-6,9-11H,7-8H2,1-3H3,(H2,19,23)(H,22,25). The number of nitrogens with two attached hydrogens (primary N) is 1. The van der Waals surface area contributed by atoms with Gasteiger partial charge in [-0.25, -0.2) is 9.97 Å². The van der Waals surface area contributed by atoms with Crippen LogP contribution in [0.25, 0.3) is 0 Å². The number of nitrogens with zero attached hydrogens (tertiary/aromatic N) is 4. The first-order chi connectivity index (χ1) is 12.4. The molecule has 8 heteroatoms. The van der Waals surface area contributed by atoms with Gasteiger partial charge in [-0.15, -0.1) is 0 Å². The van der Waals surface area contributed by atoms with Crippen molar-refractivity contribution in [2.75, 3.05) is 30.1 Å². The summed E-state index contributed by atoms with van der Waals surface area (Å²) < 4.78 is 0. The molecule has 7 nitrogen and oxygen atoms in total. The minimum atomic E-state index is -0.372. The Kier molecular flexibility index (Phi) is 5.13. The fourth-order valence-electron chi connectivity index (χ4n) is 2.69. The molecule has 26 heavy (non-hydrogen) atoms. The fraction of sp³-hybridized carbons (Fsp3) is 0.333. The van der Waals surface area contributed by atoms with E-state index in [0.29, 0.717) is 16.7 Å². The molecule has 0 aliphatic carbocycles. The largest absolute Gasteiger partial charge is 0.379 e. The van der Waals surface area contributed by atoms with Crippen LogP contribution >= 0.6 is 11.8 Å². The molecular formula is C18H22N6OS. The fourth-order valence-corrected chi connectivity index (χ4v) is 3.67. The van der Waals surface area contributed by atoms with Crippen molar-refractivity contribution < 1.29 is 4.79 Å². The number of benzene rings is 1. The Morgan fingerprint density at radius 3 is 2.77 bits per heavy atom. The Balaban J connectivity index is 1.78. The Morgan fingerprint density at radius 1 is 1.31 bits per heavy atom. The van der Waals surface area contributed by atoms with Gasteiger partial charge < -0.3 is 16.0 Å². The minimum absolute atomic E-state index is 0.267. The van der Waals surface area contributed by atoms with Gasteiger partial charge >= 0.3 is 0 Å². The van der Waals surface area contributed by atoms with Crippen LogP contribution in [-0.2, 0) is 5.54 Å². The number of carbonyl (C=O) groups excluding carboxylic acids is 1. The van der Waals surface area contributed by atoms with E-state index in [4.69, 9.17) is 5.73 Å². The third kappa shape index (κ3) is 3.96. The van der Waals surface area contributed by atoms with Gasteiger partial charge in [0.25, 0.3) is 5.91 Å². The summed E-state index contributed by atoms with van der Waals surface area (Å²) in [4.78, 5) is 27.3. The lowest BCUT2D eigenvalue weighted by Crippen LogP contribution is -2.28. The van der Waals surface area contributed by atoms with Crippen LogP contribution in [0.4, 0.5) is 11.5 Å². The first-order valence-electron chi connectivity index (χ1n) is 8.27. The smallest absolute Gasteiger partial charge is 0.275 e. The molecule has 1 aromatic heterocycles. The zero-order valence-corrected chi connectivity index (χ0v) is 15.9. The molecule has 2 heterocycles. The summed E-state index contributed by atoms with van der Waals surface area (Å²) in [5.74, 6) is 1.32. The highest BCUT2D eigenvalue weighted by Gasteiger charge is 2.29. The quantitative estimate of drug-likeness (QED) is 0.858. The molecule has 0 saturated heterocycles. The van der Waals surface area contributed by atoms with E-state index in [1.165, 1.54) is 6.20 Å². The van der Waals surface area contributed by atoms with E-state index in [0.717, 1.165) is 17.7 Å². The van der Waals surface area contributed by atoms with E-state index < -0.39 is 0 Å². The topological polar surface area (TPSA) is 96.5 Å². The van der Waals surface area contributed by atoms with Crippen LogP contribution in [-0.4, -0.2) is 40.9 Å². The SMILES string of the molecule is CN(C)c1cnc(C(=O)Nc2cccc(C3(C)CCSC(N)=N3)c2)cn1. The van der Waals surface area contributed by atoms with E-state index in [-0.39, 0.29) is 17.1 Å². The van der Waals surface area contributed by atoms with Crippen LogP contribution in [0, 0.1) is 0 Å².